The fourth-order valence-corrected chi connectivity index (χ4v) is 3.56. The molecule has 20 heavy (non-hydrogen) atoms. The van der Waals surface area contributed by atoms with E-state index < -0.39 is 0 Å². The van der Waals surface area contributed by atoms with Gasteiger partial charge in [0.15, 0.2) is 0 Å². The fourth-order valence-electron chi connectivity index (χ4n) is 2.29. The van der Waals surface area contributed by atoms with Crippen LogP contribution in [0.2, 0.25) is 0 Å². The topological polar surface area (TPSA) is 29.0 Å². The van der Waals surface area contributed by atoms with Crippen molar-refractivity contribution in [2.45, 2.75) is 38.7 Å². The maximum Gasteiger partial charge on any atom is 0.110 e. The summed E-state index contributed by atoms with van der Waals surface area (Å²) < 4.78 is 0. The van der Waals surface area contributed by atoms with Crippen molar-refractivity contribution in [3.05, 3.63) is 46.2 Å². The number of hydrogen-bond donors (Lipinski definition) is 0. The van der Waals surface area contributed by atoms with Crippen molar-refractivity contribution in [2.75, 3.05) is 6.54 Å². The van der Waals surface area contributed by atoms with Crippen LogP contribution in [0.5, 0.6) is 0 Å². The van der Waals surface area contributed by atoms with Crippen LogP contribution < -0.4 is 0 Å². The SMILES string of the molecule is CCC(c1nc(CCl)cs1)N(CC)Cc1ccncc1. The average Bonchev–Trinajstić information content (AvgIpc) is 2.97. The number of pyridine rings is 1. The zero-order valence-electron chi connectivity index (χ0n) is 11.9. The van der Waals surface area contributed by atoms with Gasteiger partial charge in [0.25, 0.3) is 0 Å². The predicted octanol–water partition coefficient (Wildman–Crippen LogP) is 4.25. The second-order valence-corrected chi connectivity index (χ2v) is 5.81. The zero-order valence-corrected chi connectivity index (χ0v) is 13.5. The summed E-state index contributed by atoms with van der Waals surface area (Å²) in [6.07, 6.45) is 4.74. The number of aromatic nitrogens is 2. The first-order valence-electron chi connectivity index (χ1n) is 6.91. The molecule has 0 fully saturated rings. The van der Waals surface area contributed by atoms with Crippen molar-refractivity contribution in [1.82, 2.24) is 14.9 Å². The summed E-state index contributed by atoms with van der Waals surface area (Å²) in [7, 11) is 0. The first-order valence-corrected chi connectivity index (χ1v) is 8.33. The summed E-state index contributed by atoms with van der Waals surface area (Å²) in [5.74, 6) is 0.489. The summed E-state index contributed by atoms with van der Waals surface area (Å²) in [6, 6.07) is 4.50. The molecule has 108 valence electrons. The molecular weight excluding hydrogens is 290 g/mol. The lowest BCUT2D eigenvalue weighted by molar-refractivity contribution is 0.193. The third-order valence-corrected chi connectivity index (χ3v) is 4.63. The number of thiazole rings is 1. The molecule has 5 heteroatoms. The largest absolute Gasteiger partial charge is 0.290 e. The Bertz CT molecular complexity index is 515. The van der Waals surface area contributed by atoms with Crippen molar-refractivity contribution in [3.63, 3.8) is 0 Å². The molecule has 0 aliphatic rings. The van der Waals surface area contributed by atoms with Gasteiger partial charge in [0, 0.05) is 24.3 Å². The zero-order chi connectivity index (χ0) is 14.4. The van der Waals surface area contributed by atoms with Gasteiger partial charge in [-0.2, -0.15) is 0 Å². The number of halogens is 1. The standard InChI is InChI=1S/C15H20ClN3S/c1-3-14(15-18-13(9-16)11-20-15)19(4-2)10-12-5-7-17-8-6-12/h5-8,11,14H,3-4,9-10H2,1-2H3. The van der Waals surface area contributed by atoms with Gasteiger partial charge in [0.1, 0.15) is 5.01 Å². The maximum absolute atomic E-state index is 5.85. The molecule has 0 N–H and O–H groups in total. The highest BCUT2D eigenvalue weighted by molar-refractivity contribution is 7.09. The van der Waals surface area contributed by atoms with Gasteiger partial charge in [-0.25, -0.2) is 4.98 Å². The molecule has 0 aliphatic heterocycles. The molecule has 1 atom stereocenters. The molecular formula is C15H20ClN3S. The highest BCUT2D eigenvalue weighted by atomic mass is 35.5. The van der Waals surface area contributed by atoms with E-state index in [4.69, 9.17) is 11.6 Å². The van der Waals surface area contributed by atoms with Gasteiger partial charge in [0.05, 0.1) is 17.6 Å². The van der Waals surface area contributed by atoms with E-state index in [0.717, 1.165) is 25.2 Å². The van der Waals surface area contributed by atoms with Crippen LogP contribution in [0.15, 0.2) is 29.9 Å². The Morgan fingerprint density at radius 3 is 2.60 bits per heavy atom. The van der Waals surface area contributed by atoms with Crippen molar-refractivity contribution < 1.29 is 0 Å². The van der Waals surface area contributed by atoms with E-state index in [1.165, 1.54) is 10.6 Å². The van der Waals surface area contributed by atoms with Gasteiger partial charge >= 0.3 is 0 Å². The van der Waals surface area contributed by atoms with Crippen LogP contribution in [0.4, 0.5) is 0 Å². The lowest BCUT2D eigenvalue weighted by atomic mass is 10.1. The Morgan fingerprint density at radius 2 is 2.05 bits per heavy atom. The Balaban J connectivity index is 2.14. The molecule has 0 amide bonds. The van der Waals surface area contributed by atoms with Crippen molar-refractivity contribution in [1.29, 1.82) is 0 Å². The van der Waals surface area contributed by atoms with Gasteiger partial charge in [-0.1, -0.05) is 13.8 Å². The molecule has 0 bridgehead atoms. The van der Waals surface area contributed by atoms with E-state index in [9.17, 15) is 0 Å². The Morgan fingerprint density at radius 1 is 1.30 bits per heavy atom. The van der Waals surface area contributed by atoms with E-state index >= 15 is 0 Å². The second-order valence-electron chi connectivity index (χ2n) is 4.65. The second kappa shape index (κ2) is 7.72. The Hall–Kier alpha value is -0.970. The van der Waals surface area contributed by atoms with E-state index in [0.29, 0.717) is 11.9 Å². The van der Waals surface area contributed by atoms with Crippen molar-refractivity contribution in [3.8, 4) is 0 Å². The quantitative estimate of drug-likeness (QED) is 0.716. The summed E-state index contributed by atoms with van der Waals surface area (Å²) in [4.78, 5) is 11.2. The van der Waals surface area contributed by atoms with Gasteiger partial charge in [0.2, 0.25) is 0 Å². The Labute approximate surface area is 129 Å². The lowest BCUT2D eigenvalue weighted by Crippen LogP contribution is -2.28. The summed E-state index contributed by atoms with van der Waals surface area (Å²) in [6.45, 7) is 6.32. The fraction of sp³-hybridized carbons (Fsp3) is 0.467. The molecule has 2 rings (SSSR count). The van der Waals surface area contributed by atoms with Gasteiger partial charge < -0.3 is 0 Å². The first-order chi connectivity index (χ1) is 9.78. The van der Waals surface area contributed by atoms with Crippen LogP contribution in [0.1, 0.15) is 42.6 Å². The molecule has 0 saturated carbocycles. The van der Waals surface area contributed by atoms with E-state index in [-0.39, 0.29) is 0 Å². The normalized spacial score (nSPS) is 12.8. The number of hydrogen-bond acceptors (Lipinski definition) is 4. The van der Waals surface area contributed by atoms with Gasteiger partial charge in [-0.05, 0) is 30.7 Å². The van der Waals surface area contributed by atoms with Crippen LogP contribution in [0.25, 0.3) is 0 Å². The molecule has 2 aromatic heterocycles. The number of nitrogens with zero attached hydrogens (tertiary/aromatic N) is 3. The predicted molar refractivity (Wildman–Crippen MR) is 85.0 cm³/mol. The molecule has 0 aromatic carbocycles. The van der Waals surface area contributed by atoms with E-state index in [2.05, 4.69) is 46.2 Å². The minimum atomic E-state index is 0.357. The minimum Gasteiger partial charge on any atom is -0.290 e. The van der Waals surface area contributed by atoms with Crippen molar-refractivity contribution in [2.24, 2.45) is 0 Å². The molecule has 3 nitrogen and oxygen atoms in total. The molecule has 0 saturated heterocycles. The smallest absolute Gasteiger partial charge is 0.110 e. The van der Waals surface area contributed by atoms with Crippen LogP contribution in [-0.2, 0) is 12.4 Å². The molecule has 2 aromatic rings. The van der Waals surface area contributed by atoms with Crippen LogP contribution >= 0.6 is 22.9 Å². The molecule has 1 unspecified atom stereocenters. The molecule has 0 spiro atoms. The first kappa shape index (κ1) is 15.4. The van der Waals surface area contributed by atoms with Crippen LogP contribution in [0, 0.1) is 0 Å². The third-order valence-electron chi connectivity index (χ3n) is 3.36. The lowest BCUT2D eigenvalue weighted by Gasteiger charge is -2.28. The van der Waals surface area contributed by atoms with Crippen LogP contribution in [-0.4, -0.2) is 21.4 Å². The van der Waals surface area contributed by atoms with Gasteiger partial charge in [-0.15, -0.1) is 22.9 Å². The molecule has 0 aliphatic carbocycles. The highest BCUT2D eigenvalue weighted by Crippen LogP contribution is 2.28. The number of alkyl halides is 1. The summed E-state index contributed by atoms with van der Waals surface area (Å²) in [5.41, 5.74) is 2.26. The average molecular weight is 310 g/mol. The monoisotopic (exact) mass is 309 g/mol. The minimum absolute atomic E-state index is 0.357. The Kier molecular flexibility index (Phi) is 5.95. The molecule has 2 heterocycles. The van der Waals surface area contributed by atoms with Crippen LogP contribution in [0.3, 0.4) is 0 Å². The third kappa shape index (κ3) is 3.78. The van der Waals surface area contributed by atoms with Crippen molar-refractivity contribution >= 4 is 22.9 Å². The van der Waals surface area contributed by atoms with E-state index in [1.807, 2.05) is 12.4 Å². The van der Waals surface area contributed by atoms with E-state index in [1.54, 1.807) is 11.3 Å². The van der Waals surface area contributed by atoms with Gasteiger partial charge in [-0.3, -0.25) is 9.88 Å². The summed E-state index contributed by atoms with van der Waals surface area (Å²) in [5, 5.41) is 3.23. The number of rotatable bonds is 7. The summed E-state index contributed by atoms with van der Waals surface area (Å²) >= 11 is 7.57. The highest BCUT2D eigenvalue weighted by Gasteiger charge is 2.20. The maximum atomic E-state index is 5.85. The molecule has 0 radical (unpaired) electrons.